The molecule has 19 heavy (non-hydrogen) atoms. The zero-order valence-electron chi connectivity index (χ0n) is 9.93. The Morgan fingerprint density at radius 3 is 3.00 bits per heavy atom. The van der Waals surface area contributed by atoms with E-state index in [1.165, 1.54) is 18.2 Å². The molecule has 2 aromatic carbocycles. The van der Waals surface area contributed by atoms with E-state index in [4.69, 9.17) is 0 Å². The van der Waals surface area contributed by atoms with E-state index in [1.54, 1.807) is 16.8 Å². The molecule has 1 aromatic heterocycles. The highest BCUT2D eigenvalue weighted by Crippen LogP contribution is 2.23. The van der Waals surface area contributed by atoms with Crippen molar-refractivity contribution in [2.24, 2.45) is 0 Å². The van der Waals surface area contributed by atoms with E-state index in [-0.39, 0.29) is 11.6 Å². The van der Waals surface area contributed by atoms with Gasteiger partial charge in [-0.1, -0.05) is 0 Å². The number of aromatic hydroxyl groups is 1. The Bertz CT molecular complexity index is 726. The van der Waals surface area contributed by atoms with E-state index in [9.17, 15) is 9.50 Å². The van der Waals surface area contributed by atoms with Gasteiger partial charge in [0.25, 0.3) is 0 Å². The number of aromatic nitrogens is 1. The van der Waals surface area contributed by atoms with Gasteiger partial charge in [0.05, 0.1) is 15.7 Å². The highest BCUT2D eigenvalue weighted by molar-refractivity contribution is 7.16. The number of nitrogens with zero attached hydrogens (tertiary/aromatic N) is 1. The average Bonchev–Trinajstić information content (AvgIpc) is 2.87. The second-order valence-corrected chi connectivity index (χ2v) is 5.05. The summed E-state index contributed by atoms with van der Waals surface area (Å²) in [5, 5.41) is 12.8. The predicted molar refractivity (Wildman–Crippen MR) is 75.0 cm³/mol. The van der Waals surface area contributed by atoms with Crippen LogP contribution in [-0.2, 0) is 6.54 Å². The van der Waals surface area contributed by atoms with Crippen molar-refractivity contribution in [2.45, 2.75) is 6.54 Å². The maximum Gasteiger partial charge on any atom is 0.123 e. The van der Waals surface area contributed by atoms with Gasteiger partial charge in [0.2, 0.25) is 0 Å². The van der Waals surface area contributed by atoms with E-state index >= 15 is 0 Å². The number of thiazole rings is 1. The lowest BCUT2D eigenvalue weighted by Gasteiger charge is -2.08. The van der Waals surface area contributed by atoms with Crippen LogP contribution in [0.2, 0.25) is 0 Å². The molecule has 0 saturated heterocycles. The maximum atomic E-state index is 13.1. The maximum absolute atomic E-state index is 13.1. The van der Waals surface area contributed by atoms with Gasteiger partial charge in [0, 0.05) is 17.8 Å². The highest BCUT2D eigenvalue weighted by atomic mass is 32.1. The molecule has 0 radical (unpaired) electrons. The summed E-state index contributed by atoms with van der Waals surface area (Å²) in [4.78, 5) is 4.20. The molecule has 96 valence electrons. The quantitative estimate of drug-likeness (QED) is 0.764. The largest absolute Gasteiger partial charge is 0.508 e. The van der Waals surface area contributed by atoms with E-state index < -0.39 is 0 Å². The second kappa shape index (κ2) is 4.85. The molecule has 5 heteroatoms. The Labute approximate surface area is 113 Å². The topological polar surface area (TPSA) is 45.1 Å². The fraction of sp³-hybridized carbons (Fsp3) is 0.0714. The summed E-state index contributed by atoms with van der Waals surface area (Å²) in [6, 6.07) is 9.76. The lowest BCUT2D eigenvalue weighted by atomic mass is 10.2. The van der Waals surface area contributed by atoms with Crippen LogP contribution in [0, 0.1) is 5.82 Å². The van der Waals surface area contributed by atoms with Crippen molar-refractivity contribution in [3.8, 4) is 5.75 Å². The molecule has 0 spiro atoms. The SMILES string of the molecule is Oc1ccc(F)cc1CNc1ccc2ncsc2c1. The van der Waals surface area contributed by atoms with Gasteiger partial charge in [-0.3, -0.25) is 0 Å². The van der Waals surface area contributed by atoms with Gasteiger partial charge in [-0.15, -0.1) is 11.3 Å². The van der Waals surface area contributed by atoms with Crippen LogP contribution in [-0.4, -0.2) is 10.1 Å². The summed E-state index contributed by atoms with van der Waals surface area (Å²) >= 11 is 1.57. The molecular weight excluding hydrogens is 263 g/mol. The van der Waals surface area contributed by atoms with Crippen molar-refractivity contribution in [1.29, 1.82) is 0 Å². The van der Waals surface area contributed by atoms with E-state index in [1.807, 2.05) is 18.2 Å². The molecule has 0 aliphatic rings. The molecule has 0 unspecified atom stereocenters. The first-order valence-electron chi connectivity index (χ1n) is 5.77. The Balaban J connectivity index is 1.79. The molecule has 3 aromatic rings. The van der Waals surface area contributed by atoms with Crippen LogP contribution in [0.3, 0.4) is 0 Å². The third-order valence-corrected chi connectivity index (χ3v) is 3.65. The minimum Gasteiger partial charge on any atom is -0.508 e. The number of nitrogens with one attached hydrogen (secondary N) is 1. The molecule has 0 fully saturated rings. The van der Waals surface area contributed by atoms with Crippen LogP contribution < -0.4 is 5.32 Å². The van der Waals surface area contributed by atoms with Gasteiger partial charge in [0.1, 0.15) is 11.6 Å². The zero-order chi connectivity index (χ0) is 13.2. The highest BCUT2D eigenvalue weighted by Gasteiger charge is 2.04. The van der Waals surface area contributed by atoms with Crippen molar-refractivity contribution in [1.82, 2.24) is 4.98 Å². The molecule has 1 heterocycles. The number of phenolic OH excluding ortho intramolecular Hbond substituents is 1. The molecule has 0 amide bonds. The van der Waals surface area contributed by atoms with Crippen molar-refractivity contribution >= 4 is 27.2 Å². The van der Waals surface area contributed by atoms with Crippen molar-refractivity contribution in [3.05, 3.63) is 53.3 Å². The van der Waals surface area contributed by atoms with Crippen LogP contribution in [0.4, 0.5) is 10.1 Å². The minimum absolute atomic E-state index is 0.0905. The summed E-state index contributed by atoms with van der Waals surface area (Å²) in [6.45, 7) is 0.369. The molecule has 0 bridgehead atoms. The Hall–Kier alpha value is -2.14. The van der Waals surface area contributed by atoms with Gasteiger partial charge in [0.15, 0.2) is 0 Å². The van der Waals surface area contributed by atoms with Gasteiger partial charge >= 0.3 is 0 Å². The Morgan fingerprint density at radius 2 is 2.11 bits per heavy atom. The minimum atomic E-state index is -0.354. The van der Waals surface area contributed by atoms with Crippen LogP contribution >= 0.6 is 11.3 Å². The van der Waals surface area contributed by atoms with E-state index in [0.717, 1.165) is 15.9 Å². The first kappa shape index (κ1) is 11.9. The van der Waals surface area contributed by atoms with Crippen LogP contribution in [0.25, 0.3) is 10.2 Å². The summed E-state index contributed by atoms with van der Waals surface area (Å²) < 4.78 is 14.2. The molecule has 0 saturated carbocycles. The average molecular weight is 274 g/mol. The fourth-order valence-corrected chi connectivity index (χ4v) is 2.57. The Kier molecular flexibility index (Phi) is 3.05. The molecule has 0 aliphatic carbocycles. The molecule has 0 aliphatic heterocycles. The van der Waals surface area contributed by atoms with Crippen molar-refractivity contribution in [2.75, 3.05) is 5.32 Å². The second-order valence-electron chi connectivity index (χ2n) is 4.16. The standard InChI is InChI=1S/C14H11FN2OS/c15-10-1-4-13(18)9(5-10)7-16-11-2-3-12-14(6-11)19-8-17-12/h1-6,8,16,18H,7H2. The smallest absolute Gasteiger partial charge is 0.123 e. The fourth-order valence-electron chi connectivity index (χ4n) is 1.86. The summed E-state index contributed by atoms with van der Waals surface area (Å²) in [5.41, 5.74) is 4.21. The van der Waals surface area contributed by atoms with E-state index in [0.29, 0.717) is 12.1 Å². The lowest BCUT2D eigenvalue weighted by Crippen LogP contribution is -2.00. The number of anilines is 1. The molecule has 2 N–H and O–H groups in total. The number of hydrogen-bond acceptors (Lipinski definition) is 4. The van der Waals surface area contributed by atoms with Crippen LogP contribution in [0.1, 0.15) is 5.56 Å². The molecule has 3 nitrogen and oxygen atoms in total. The molecular formula is C14H11FN2OS. The third kappa shape index (κ3) is 2.51. The predicted octanol–water partition coefficient (Wildman–Crippen LogP) is 3.75. The van der Waals surface area contributed by atoms with Gasteiger partial charge in [-0.2, -0.15) is 0 Å². The van der Waals surface area contributed by atoms with Crippen molar-refractivity contribution in [3.63, 3.8) is 0 Å². The zero-order valence-corrected chi connectivity index (χ0v) is 10.7. The summed E-state index contributed by atoms with van der Waals surface area (Å²) in [5.74, 6) is -0.264. The Morgan fingerprint density at radius 1 is 1.21 bits per heavy atom. The third-order valence-electron chi connectivity index (χ3n) is 2.86. The monoisotopic (exact) mass is 274 g/mol. The van der Waals surface area contributed by atoms with Gasteiger partial charge in [-0.25, -0.2) is 9.37 Å². The number of hydrogen-bond donors (Lipinski definition) is 2. The summed E-state index contributed by atoms with van der Waals surface area (Å²) in [7, 11) is 0. The number of benzene rings is 2. The number of halogens is 1. The normalized spacial score (nSPS) is 10.8. The molecule has 0 atom stereocenters. The van der Waals surface area contributed by atoms with Crippen LogP contribution in [0.5, 0.6) is 5.75 Å². The van der Waals surface area contributed by atoms with Crippen molar-refractivity contribution < 1.29 is 9.50 Å². The first-order valence-corrected chi connectivity index (χ1v) is 6.65. The number of fused-ring (bicyclic) bond motifs is 1. The van der Waals surface area contributed by atoms with E-state index in [2.05, 4.69) is 10.3 Å². The lowest BCUT2D eigenvalue weighted by molar-refractivity contribution is 0.466. The van der Waals surface area contributed by atoms with Crippen LogP contribution in [0.15, 0.2) is 41.9 Å². The van der Waals surface area contributed by atoms with Gasteiger partial charge in [-0.05, 0) is 36.4 Å². The van der Waals surface area contributed by atoms with Gasteiger partial charge < -0.3 is 10.4 Å². The first-order chi connectivity index (χ1) is 9.22. The summed E-state index contributed by atoms with van der Waals surface area (Å²) in [6.07, 6.45) is 0. The number of phenols is 1. The molecule has 3 rings (SSSR count). The number of rotatable bonds is 3.